The summed E-state index contributed by atoms with van der Waals surface area (Å²) < 4.78 is 1.44. The normalized spacial score (nSPS) is 10.4. The minimum atomic E-state index is -0.229. The van der Waals surface area contributed by atoms with Gasteiger partial charge in [0.1, 0.15) is 6.54 Å². The number of nitrogens with zero attached hydrogens (tertiary/aromatic N) is 2. The fourth-order valence-electron chi connectivity index (χ4n) is 1.35. The Balaban J connectivity index is 2.00. The van der Waals surface area contributed by atoms with E-state index in [0.29, 0.717) is 20.8 Å². The zero-order valence-corrected chi connectivity index (χ0v) is 11.3. The van der Waals surface area contributed by atoms with Gasteiger partial charge in [0.15, 0.2) is 0 Å². The van der Waals surface area contributed by atoms with Gasteiger partial charge in [0, 0.05) is 11.9 Å². The highest BCUT2D eigenvalue weighted by molar-refractivity contribution is 6.42. The van der Waals surface area contributed by atoms with Crippen LogP contribution in [0.25, 0.3) is 0 Å². The van der Waals surface area contributed by atoms with Crippen LogP contribution in [-0.4, -0.2) is 15.7 Å². The van der Waals surface area contributed by atoms with Crippen LogP contribution < -0.4 is 5.32 Å². The molecule has 4 nitrogen and oxygen atoms in total. The number of rotatable bonds is 3. The Bertz CT molecular complexity index is 583. The van der Waals surface area contributed by atoms with Crippen LogP contribution in [0.15, 0.2) is 30.6 Å². The van der Waals surface area contributed by atoms with Crippen LogP contribution in [0.2, 0.25) is 15.1 Å². The third kappa shape index (κ3) is 3.38. The smallest absolute Gasteiger partial charge is 0.246 e. The van der Waals surface area contributed by atoms with Gasteiger partial charge in [-0.2, -0.15) is 5.10 Å². The number of halogens is 3. The van der Waals surface area contributed by atoms with Crippen molar-refractivity contribution >= 4 is 46.4 Å². The third-order valence-corrected chi connectivity index (χ3v) is 3.04. The molecule has 0 aliphatic heterocycles. The summed E-state index contributed by atoms with van der Waals surface area (Å²) in [5.41, 5.74) is 0.577. The van der Waals surface area contributed by atoms with Crippen LogP contribution in [0.5, 0.6) is 0 Å². The monoisotopic (exact) mass is 303 g/mol. The van der Waals surface area contributed by atoms with E-state index in [0.717, 1.165) is 0 Å². The molecule has 0 fully saturated rings. The van der Waals surface area contributed by atoms with E-state index < -0.39 is 0 Å². The number of carbonyl (C=O) groups excluding carboxylic acids is 1. The Labute approximate surface area is 118 Å². The van der Waals surface area contributed by atoms with Gasteiger partial charge in [0.05, 0.1) is 21.3 Å². The summed E-state index contributed by atoms with van der Waals surface area (Å²) in [6.07, 6.45) is 3.03. The molecule has 1 heterocycles. The van der Waals surface area contributed by atoms with Gasteiger partial charge in [0.25, 0.3) is 0 Å². The number of nitrogens with one attached hydrogen (secondary N) is 1. The Hall–Kier alpha value is -1.23. The molecule has 2 rings (SSSR count). The highest BCUT2D eigenvalue weighted by atomic mass is 35.5. The summed E-state index contributed by atoms with van der Waals surface area (Å²) >= 11 is 17.3. The Morgan fingerprint density at radius 3 is 2.67 bits per heavy atom. The lowest BCUT2D eigenvalue weighted by Crippen LogP contribution is -2.18. The molecular formula is C11H8Cl3N3O. The molecule has 0 atom stereocenters. The van der Waals surface area contributed by atoms with Crippen molar-refractivity contribution in [1.82, 2.24) is 9.78 Å². The molecule has 0 aliphatic carbocycles. The molecule has 0 saturated heterocycles. The first kappa shape index (κ1) is 13.2. The van der Waals surface area contributed by atoms with E-state index in [1.165, 1.54) is 10.9 Å². The molecule has 18 heavy (non-hydrogen) atoms. The second-order valence-corrected chi connectivity index (χ2v) is 4.78. The van der Waals surface area contributed by atoms with E-state index in [1.54, 1.807) is 24.4 Å². The van der Waals surface area contributed by atoms with Crippen LogP contribution in [-0.2, 0) is 11.3 Å². The number of benzene rings is 1. The zero-order chi connectivity index (χ0) is 13.1. The summed E-state index contributed by atoms with van der Waals surface area (Å²) in [5, 5.41) is 7.90. The highest BCUT2D eigenvalue weighted by Crippen LogP contribution is 2.24. The lowest BCUT2D eigenvalue weighted by atomic mass is 10.3. The summed E-state index contributed by atoms with van der Waals surface area (Å²) in [6, 6.07) is 4.87. The van der Waals surface area contributed by atoms with E-state index >= 15 is 0 Å². The fraction of sp³-hybridized carbons (Fsp3) is 0.0909. The van der Waals surface area contributed by atoms with Crippen molar-refractivity contribution < 1.29 is 4.79 Å². The van der Waals surface area contributed by atoms with Crippen molar-refractivity contribution in [1.29, 1.82) is 0 Å². The van der Waals surface area contributed by atoms with E-state index in [4.69, 9.17) is 34.8 Å². The number of aromatic nitrogens is 2. The van der Waals surface area contributed by atoms with E-state index in [1.807, 2.05) is 0 Å². The Morgan fingerprint density at radius 1 is 1.28 bits per heavy atom. The second-order valence-electron chi connectivity index (χ2n) is 3.53. The molecule has 0 bridgehead atoms. The van der Waals surface area contributed by atoms with Crippen molar-refractivity contribution in [3.8, 4) is 0 Å². The highest BCUT2D eigenvalue weighted by Gasteiger charge is 2.06. The van der Waals surface area contributed by atoms with Crippen molar-refractivity contribution in [2.24, 2.45) is 0 Å². The number of anilines is 1. The lowest BCUT2D eigenvalue weighted by Gasteiger charge is -2.06. The van der Waals surface area contributed by atoms with Gasteiger partial charge in [-0.05, 0) is 18.2 Å². The van der Waals surface area contributed by atoms with Crippen molar-refractivity contribution in [3.05, 3.63) is 45.7 Å². The molecule has 0 radical (unpaired) electrons. The van der Waals surface area contributed by atoms with Crippen LogP contribution in [0.3, 0.4) is 0 Å². The van der Waals surface area contributed by atoms with E-state index in [-0.39, 0.29) is 12.5 Å². The average Bonchev–Trinajstić information content (AvgIpc) is 2.69. The maximum atomic E-state index is 11.7. The molecule has 7 heteroatoms. The molecule has 1 aromatic heterocycles. The molecule has 2 aromatic rings. The van der Waals surface area contributed by atoms with Crippen molar-refractivity contribution in [2.75, 3.05) is 5.32 Å². The molecule has 0 spiro atoms. The molecule has 1 N–H and O–H groups in total. The number of carbonyl (C=O) groups is 1. The van der Waals surface area contributed by atoms with Crippen LogP contribution in [0, 0.1) is 0 Å². The summed E-state index contributed by atoms with van der Waals surface area (Å²) in [4.78, 5) is 11.7. The predicted octanol–water partition coefficient (Wildman–Crippen LogP) is 3.48. The minimum Gasteiger partial charge on any atom is -0.324 e. The average molecular weight is 305 g/mol. The molecule has 1 amide bonds. The van der Waals surface area contributed by atoms with Crippen LogP contribution in [0.1, 0.15) is 0 Å². The standard InChI is InChI=1S/C11H8Cl3N3O/c12-7-4-15-17(5-7)6-11(18)16-8-1-2-9(13)10(14)3-8/h1-5H,6H2,(H,16,18). The molecule has 1 aromatic carbocycles. The maximum Gasteiger partial charge on any atom is 0.246 e. The summed E-state index contributed by atoms with van der Waals surface area (Å²) in [5.74, 6) is -0.229. The Morgan fingerprint density at radius 2 is 2.06 bits per heavy atom. The first-order chi connectivity index (χ1) is 8.54. The SMILES string of the molecule is O=C(Cn1cc(Cl)cn1)Nc1ccc(Cl)c(Cl)c1. The quantitative estimate of drug-likeness (QED) is 0.943. The van der Waals surface area contributed by atoms with E-state index in [9.17, 15) is 4.79 Å². The summed E-state index contributed by atoms with van der Waals surface area (Å²) in [7, 11) is 0. The van der Waals surface area contributed by atoms with Gasteiger partial charge in [-0.1, -0.05) is 34.8 Å². The van der Waals surface area contributed by atoms with Gasteiger partial charge < -0.3 is 5.32 Å². The van der Waals surface area contributed by atoms with Gasteiger partial charge in [-0.3, -0.25) is 9.48 Å². The maximum absolute atomic E-state index is 11.7. The third-order valence-electron chi connectivity index (χ3n) is 2.11. The molecular weight excluding hydrogens is 296 g/mol. The molecule has 0 aliphatic rings. The van der Waals surface area contributed by atoms with Gasteiger partial charge in [-0.25, -0.2) is 0 Å². The van der Waals surface area contributed by atoms with Gasteiger partial charge in [0.2, 0.25) is 5.91 Å². The van der Waals surface area contributed by atoms with Gasteiger partial charge in [-0.15, -0.1) is 0 Å². The Kier molecular flexibility index (Phi) is 4.11. The largest absolute Gasteiger partial charge is 0.324 e. The molecule has 94 valence electrons. The first-order valence-electron chi connectivity index (χ1n) is 4.97. The van der Waals surface area contributed by atoms with E-state index in [2.05, 4.69) is 10.4 Å². The van der Waals surface area contributed by atoms with Crippen LogP contribution in [0.4, 0.5) is 5.69 Å². The number of amides is 1. The summed E-state index contributed by atoms with van der Waals surface area (Å²) in [6.45, 7) is 0.0764. The number of hydrogen-bond donors (Lipinski definition) is 1. The van der Waals surface area contributed by atoms with Crippen LogP contribution >= 0.6 is 34.8 Å². The number of hydrogen-bond acceptors (Lipinski definition) is 2. The predicted molar refractivity (Wildman–Crippen MR) is 72.3 cm³/mol. The van der Waals surface area contributed by atoms with Crippen molar-refractivity contribution in [2.45, 2.75) is 6.54 Å². The zero-order valence-electron chi connectivity index (χ0n) is 9.03. The topological polar surface area (TPSA) is 46.9 Å². The van der Waals surface area contributed by atoms with Crippen molar-refractivity contribution in [3.63, 3.8) is 0 Å². The fourth-order valence-corrected chi connectivity index (χ4v) is 1.80. The van der Waals surface area contributed by atoms with Gasteiger partial charge >= 0.3 is 0 Å². The molecule has 0 unspecified atom stereocenters. The lowest BCUT2D eigenvalue weighted by molar-refractivity contribution is -0.116. The first-order valence-corrected chi connectivity index (χ1v) is 6.11. The molecule has 0 saturated carbocycles. The second kappa shape index (κ2) is 5.61. The minimum absolute atomic E-state index is 0.0764.